The summed E-state index contributed by atoms with van der Waals surface area (Å²) in [6.45, 7) is 3.45. The van der Waals surface area contributed by atoms with Crippen molar-refractivity contribution < 1.29 is 19.2 Å². The minimum absolute atomic E-state index is 0.746. The molecule has 0 radical (unpaired) electrons. The molecule has 0 heterocycles. The molecule has 6 heteroatoms. The van der Waals surface area contributed by atoms with Gasteiger partial charge in [-0.25, -0.2) is 0 Å². The summed E-state index contributed by atoms with van der Waals surface area (Å²) in [5.41, 5.74) is 0. The standard InChI is InChI=1S/C2H3.H4O4Si.Rb/c1-2;1-5(2,3)4;/h1H,2H2;1-4H;. The van der Waals surface area contributed by atoms with Crippen LogP contribution in [0.4, 0.5) is 0 Å². The SMILES string of the molecule is C=[CH][Rb].O[Si](O)(O)O. The maximum atomic E-state index is 7.33. The molecule has 0 bridgehead atoms. The molecule has 0 fully saturated rings. The van der Waals surface area contributed by atoms with Crippen LogP contribution in [0.3, 0.4) is 0 Å². The third-order valence-corrected chi connectivity index (χ3v) is 0. The Balaban J connectivity index is 0. The quantitative estimate of drug-likeness (QED) is 0.337. The third-order valence-electron chi connectivity index (χ3n) is 0. The van der Waals surface area contributed by atoms with Crippen molar-refractivity contribution in [2.75, 3.05) is 0 Å². The maximum absolute atomic E-state index is 7.33. The summed E-state index contributed by atoms with van der Waals surface area (Å²) in [5, 5.41) is 0. The van der Waals surface area contributed by atoms with Crippen molar-refractivity contribution in [1.29, 1.82) is 0 Å². The molecule has 0 aromatic rings. The minimum Gasteiger partial charge on any atom is -0.368 e. The van der Waals surface area contributed by atoms with Gasteiger partial charge in [0.15, 0.2) is 0 Å². The van der Waals surface area contributed by atoms with E-state index in [-0.39, 0.29) is 0 Å². The molecule has 0 aliphatic carbocycles. The van der Waals surface area contributed by atoms with Crippen LogP contribution in [0.5, 0.6) is 0 Å². The summed E-state index contributed by atoms with van der Waals surface area (Å²) >= 11 is 0.746. The van der Waals surface area contributed by atoms with Crippen LogP contribution in [-0.4, -0.2) is 83.8 Å². The van der Waals surface area contributed by atoms with Gasteiger partial charge in [0, 0.05) is 0 Å². The summed E-state index contributed by atoms with van der Waals surface area (Å²) in [6, 6.07) is 0. The molecular weight excluding hydrogens is 202 g/mol. The molecule has 0 aliphatic heterocycles. The first-order valence-corrected chi connectivity index (χ1v) is 6.51. The van der Waals surface area contributed by atoms with Gasteiger partial charge in [-0.05, 0) is 0 Å². The van der Waals surface area contributed by atoms with Gasteiger partial charge < -0.3 is 19.2 Å². The molecule has 0 spiro atoms. The summed E-state index contributed by atoms with van der Waals surface area (Å²) in [5.74, 6) is 0. The van der Waals surface area contributed by atoms with Crippen LogP contribution in [0, 0.1) is 0 Å². The van der Waals surface area contributed by atoms with Crippen LogP contribution in [0.25, 0.3) is 0 Å². The molecule has 4 N–H and O–H groups in total. The van der Waals surface area contributed by atoms with Crippen LogP contribution in [0.15, 0.2) is 5.72 Å². The minimum atomic E-state index is -4.61. The number of hydrogen-bond acceptors (Lipinski definition) is 4. The van der Waals surface area contributed by atoms with Crippen molar-refractivity contribution in [3.05, 3.63) is 5.72 Å². The van der Waals surface area contributed by atoms with Crippen LogP contribution >= 0.6 is 0 Å². The van der Waals surface area contributed by atoms with E-state index in [0.29, 0.717) is 0 Å². The zero-order valence-corrected chi connectivity index (χ0v) is 10.5. The monoisotopic (exact) mass is 208 g/mol. The second kappa shape index (κ2) is 6.72. The molecule has 0 aromatic carbocycles. The molecule has 44 valence electrons. The Labute approximate surface area is 87.7 Å². The van der Waals surface area contributed by atoms with Crippen LogP contribution in [0.1, 0.15) is 0 Å². The van der Waals surface area contributed by atoms with Gasteiger partial charge in [-0.2, -0.15) is 0 Å². The smallest absolute Gasteiger partial charge is 0.368 e. The van der Waals surface area contributed by atoms with Crippen molar-refractivity contribution >= 4 is 64.6 Å². The Morgan fingerprint density at radius 3 is 1.25 bits per heavy atom. The maximum Gasteiger partial charge on any atom is 0.668 e. The van der Waals surface area contributed by atoms with E-state index >= 15 is 0 Å². The molecule has 0 amide bonds. The van der Waals surface area contributed by atoms with Crippen molar-refractivity contribution in [3.63, 3.8) is 0 Å². The molecule has 8 heavy (non-hydrogen) atoms. The summed E-state index contributed by atoms with van der Waals surface area (Å²) in [7, 11) is -4.61. The molecule has 0 saturated heterocycles. The summed E-state index contributed by atoms with van der Waals surface area (Å²) in [4.78, 5) is 29.3. The fraction of sp³-hybridized carbons (Fsp3) is 0. The van der Waals surface area contributed by atoms with E-state index in [4.69, 9.17) is 19.2 Å². The fourth-order valence-electron chi connectivity index (χ4n) is 0. The first-order valence-electron chi connectivity index (χ1n) is 1.88. The Bertz CT molecular complexity index is 53.5. The molecule has 0 saturated carbocycles. The zero-order valence-electron chi connectivity index (χ0n) is 4.57. The van der Waals surface area contributed by atoms with Crippen LogP contribution in [0.2, 0.25) is 0 Å². The second-order valence-corrected chi connectivity index (χ2v) is 4.22. The number of rotatable bonds is 0. The molecule has 4 nitrogen and oxygen atoms in total. The van der Waals surface area contributed by atoms with Crippen LogP contribution < -0.4 is 0 Å². The predicted octanol–water partition coefficient (Wildman–Crippen LogP) is -2.31. The molecule has 0 aliphatic rings. The van der Waals surface area contributed by atoms with E-state index in [9.17, 15) is 0 Å². The van der Waals surface area contributed by atoms with E-state index in [0.717, 1.165) is 55.5 Å². The normalized spacial score (nSPS) is 9.25. The Morgan fingerprint density at radius 2 is 1.25 bits per heavy atom. The van der Waals surface area contributed by atoms with E-state index in [2.05, 4.69) is 6.58 Å². The van der Waals surface area contributed by atoms with Gasteiger partial charge in [0.2, 0.25) is 0 Å². The summed E-state index contributed by atoms with van der Waals surface area (Å²) in [6.07, 6.45) is 0. The molecule has 0 atom stereocenters. The topological polar surface area (TPSA) is 80.9 Å². The van der Waals surface area contributed by atoms with E-state index < -0.39 is 9.05 Å². The summed E-state index contributed by atoms with van der Waals surface area (Å²) < 4.78 is 1.96. The van der Waals surface area contributed by atoms with E-state index in [1.54, 1.807) is 0 Å². The third kappa shape index (κ3) is 129. The van der Waals surface area contributed by atoms with Gasteiger partial charge in [0.25, 0.3) is 0 Å². The Hall–Kier alpha value is 1.60. The number of hydrogen-bond donors (Lipinski definition) is 4. The molecule has 0 aromatic heterocycles. The van der Waals surface area contributed by atoms with Gasteiger partial charge in [-0.3, -0.25) is 0 Å². The van der Waals surface area contributed by atoms with Gasteiger partial charge in [0.05, 0.1) is 0 Å². The van der Waals surface area contributed by atoms with E-state index in [1.807, 2.05) is -0.855 Å². The largest absolute Gasteiger partial charge is 0.668 e. The second-order valence-electron chi connectivity index (χ2n) is 1.01. The van der Waals surface area contributed by atoms with Crippen molar-refractivity contribution in [1.82, 2.24) is 0 Å². The average molecular weight is 209 g/mol. The fourth-order valence-corrected chi connectivity index (χ4v) is 0. The molecular formula is C2H7O4RbSi. The van der Waals surface area contributed by atoms with Gasteiger partial charge in [-0.1, -0.05) is 0 Å². The predicted molar refractivity (Wildman–Crippen MR) is 30.6 cm³/mol. The van der Waals surface area contributed by atoms with Crippen molar-refractivity contribution in [2.45, 2.75) is 0 Å². The van der Waals surface area contributed by atoms with Crippen molar-refractivity contribution in [3.8, 4) is 0 Å². The van der Waals surface area contributed by atoms with E-state index in [1.165, 1.54) is 0 Å². The van der Waals surface area contributed by atoms with Gasteiger partial charge in [-0.15, -0.1) is 0 Å². The van der Waals surface area contributed by atoms with Crippen molar-refractivity contribution in [2.24, 2.45) is 0 Å². The Morgan fingerprint density at radius 1 is 1.25 bits per heavy atom. The molecule has 0 unspecified atom stereocenters. The Kier molecular flexibility index (Phi) is 10.3. The van der Waals surface area contributed by atoms with Gasteiger partial charge >= 0.3 is 70.3 Å². The zero-order chi connectivity index (χ0) is 7.21. The molecule has 0 rings (SSSR count). The average Bonchev–Trinajstić information content (AvgIpc) is 1.27. The first kappa shape index (κ1) is 12.3. The first-order chi connectivity index (χ1) is 3.41. The van der Waals surface area contributed by atoms with Crippen LogP contribution in [-0.2, 0) is 0 Å². The van der Waals surface area contributed by atoms with Gasteiger partial charge in [0.1, 0.15) is 0 Å².